The van der Waals surface area contributed by atoms with E-state index in [-0.39, 0.29) is 0 Å². The second kappa shape index (κ2) is 8.23. The van der Waals surface area contributed by atoms with Gasteiger partial charge in [0.05, 0.1) is 5.69 Å². The Morgan fingerprint density at radius 2 is 1.96 bits per heavy atom. The molecule has 0 atom stereocenters. The summed E-state index contributed by atoms with van der Waals surface area (Å²) >= 11 is 0. The number of benzene rings is 1. The number of nitrogens with zero attached hydrogens (tertiary/aromatic N) is 2. The van der Waals surface area contributed by atoms with E-state index in [0.29, 0.717) is 0 Å². The maximum absolute atomic E-state index is 4.52. The molecule has 1 aromatic carbocycles. The van der Waals surface area contributed by atoms with Crippen LogP contribution in [0, 0.1) is 12.8 Å². The summed E-state index contributed by atoms with van der Waals surface area (Å²) in [5.41, 5.74) is 3.89. The normalized spacial score (nSPS) is 15.9. The Morgan fingerprint density at radius 1 is 1.09 bits per heavy atom. The van der Waals surface area contributed by atoms with E-state index in [0.717, 1.165) is 44.3 Å². The van der Waals surface area contributed by atoms with Crippen molar-refractivity contribution in [2.24, 2.45) is 5.92 Å². The van der Waals surface area contributed by atoms with Gasteiger partial charge in [-0.1, -0.05) is 35.9 Å². The first kappa shape index (κ1) is 16.2. The fourth-order valence-corrected chi connectivity index (χ4v) is 3.40. The zero-order valence-electron chi connectivity index (χ0n) is 14.0. The van der Waals surface area contributed by atoms with Crippen LogP contribution >= 0.6 is 0 Å². The van der Waals surface area contributed by atoms with Crippen LogP contribution in [0.4, 0.5) is 0 Å². The molecule has 2 heterocycles. The molecule has 0 amide bonds. The number of aromatic nitrogens is 1. The summed E-state index contributed by atoms with van der Waals surface area (Å²) in [5, 5.41) is 3.46. The Morgan fingerprint density at radius 3 is 2.70 bits per heavy atom. The third-order valence-corrected chi connectivity index (χ3v) is 4.58. The van der Waals surface area contributed by atoms with Crippen LogP contribution in [0.1, 0.15) is 29.7 Å². The lowest BCUT2D eigenvalue weighted by Gasteiger charge is -2.30. The van der Waals surface area contributed by atoms with Crippen LogP contribution in [0.25, 0.3) is 0 Å². The first-order valence-corrected chi connectivity index (χ1v) is 8.68. The van der Waals surface area contributed by atoms with Crippen LogP contribution in [-0.2, 0) is 13.1 Å². The standard InChI is InChI=1S/C20H27N3/c1-17-5-4-6-19(13-17)15-23(14-18-8-11-21-12-9-18)16-20-7-2-3-10-22-20/h2-7,10,13,18,21H,8-9,11-12,14-16H2,1H3. The summed E-state index contributed by atoms with van der Waals surface area (Å²) in [5.74, 6) is 0.796. The van der Waals surface area contributed by atoms with Gasteiger partial charge >= 0.3 is 0 Å². The number of hydrogen-bond donors (Lipinski definition) is 1. The van der Waals surface area contributed by atoms with Gasteiger partial charge in [-0.3, -0.25) is 9.88 Å². The highest BCUT2D eigenvalue weighted by molar-refractivity contribution is 5.22. The molecule has 0 unspecified atom stereocenters. The molecule has 0 saturated carbocycles. The molecule has 1 fully saturated rings. The second-order valence-corrected chi connectivity index (χ2v) is 6.67. The molecule has 1 N–H and O–H groups in total. The Labute approximate surface area is 139 Å². The smallest absolute Gasteiger partial charge is 0.0544 e. The van der Waals surface area contributed by atoms with Crippen molar-refractivity contribution in [3.63, 3.8) is 0 Å². The van der Waals surface area contributed by atoms with Gasteiger partial charge in [0.15, 0.2) is 0 Å². The van der Waals surface area contributed by atoms with Crippen LogP contribution in [-0.4, -0.2) is 29.5 Å². The first-order chi connectivity index (χ1) is 11.3. The molecule has 0 aliphatic carbocycles. The van der Waals surface area contributed by atoms with E-state index in [1.165, 1.54) is 24.0 Å². The van der Waals surface area contributed by atoms with Crippen molar-refractivity contribution in [2.75, 3.05) is 19.6 Å². The van der Waals surface area contributed by atoms with Gasteiger partial charge in [-0.05, 0) is 56.5 Å². The molecule has 1 aliphatic heterocycles. The lowest BCUT2D eigenvalue weighted by Crippen LogP contribution is -2.35. The Balaban J connectivity index is 1.69. The van der Waals surface area contributed by atoms with Crippen molar-refractivity contribution in [2.45, 2.75) is 32.9 Å². The molecule has 1 aromatic heterocycles. The summed E-state index contributed by atoms with van der Waals surface area (Å²) in [6.45, 7) is 7.57. The zero-order valence-corrected chi connectivity index (χ0v) is 14.0. The zero-order chi connectivity index (χ0) is 15.9. The van der Waals surface area contributed by atoms with Gasteiger partial charge in [-0.15, -0.1) is 0 Å². The van der Waals surface area contributed by atoms with Crippen molar-refractivity contribution in [1.82, 2.24) is 15.2 Å². The van der Waals surface area contributed by atoms with Gasteiger partial charge in [0.2, 0.25) is 0 Å². The average Bonchev–Trinajstić information content (AvgIpc) is 2.57. The second-order valence-electron chi connectivity index (χ2n) is 6.67. The Kier molecular flexibility index (Phi) is 5.78. The maximum Gasteiger partial charge on any atom is 0.0544 e. The van der Waals surface area contributed by atoms with Crippen molar-refractivity contribution in [3.8, 4) is 0 Å². The molecule has 0 bridgehead atoms. The minimum Gasteiger partial charge on any atom is -0.317 e. The van der Waals surface area contributed by atoms with E-state index in [1.54, 1.807) is 0 Å². The monoisotopic (exact) mass is 309 g/mol. The highest BCUT2D eigenvalue weighted by atomic mass is 15.1. The molecule has 3 rings (SSSR count). The molecule has 3 heteroatoms. The molecule has 122 valence electrons. The van der Waals surface area contributed by atoms with E-state index in [1.807, 2.05) is 12.3 Å². The summed E-state index contributed by atoms with van der Waals surface area (Å²) in [7, 11) is 0. The molecule has 1 aliphatic rings. The minimum atomic E-state index is 0.796. The SMILES string of the molecule is Cc1cccc(CN(Cc2ccccn2)CC2CCNCC2)c1. The van der Waals surface area contributed by atoms with Gasteiger partial charge in [0.25, 0.3) is 0 Å². The van der Waals surface area contributed by atoms with Gasteiger partial charge < -0.3 is 5.32 Å². The lowest BCUT2D eigenvalue weighted by molar-refractivity contribution is 0.189. The molecule has 23 heavy (non-hydrogen) atoms. The van der Waals surface area contributed by atoms with Crippen molar-refractivity contribution in [1.29, 1.82) is 0 Å². The molecule has 0 spiro atoms. The Bertz CT molecular complexity index is 591. The van der Waals surface area contributed by atoms with Crippen LogP contribution in [0.2, 0.25) is 0 Å². The lowest BCUT2D eigenvalue weighted by atomic mass is 9.97. The minimum absolute atomic E-state index is 0.796. The van der Waals surface area contributed by atoms with E-state index in [2.05, 4.69) is 58.5 Å². The molecular weight excluding hydrogens is 282 g/mol. The van der Waals surface area contributed by atoms with Crippen LogP contribution in [0.5, 0.6) is 0 Å². The number of pyridine rings is 1. The summed E-state index contributed by atoms with van der Waals surface area (Å²) in [4.78, 5) is 7.08. The molecule has 0 radical (unpaired) electrons. The molecule has 3 nitrogen and oxygen atoms in total. The number of hydrogen-bond acceptors (Lipinski definition) is 3. The van der Waals surface area contributed by atoms with Crippen LogP contribution < -0.4 is 5.32 Å². The highest BCUT2D eigenvalue weighted by Gasteiger charge is 2.18. The molecule has 2 aromatic rings. The molecular formula is C20H27N3. The highest BCUT2D eigenvalue weighted by Crippen LogP contribution is 2.17. The largest absolute Gasteiger partial charge is 0.317 e. The summed E-state index contributed by atoms with van der Waals surface area (Å²) < 4.78 is 0. The number of nitrogens with one attached hydrogen (secondary N) is 1. The average molecular weight is 309 g/mol. The van der Waals surface area contributed by atoms with E-state index in [9.17, 15) is 0 Å². The predicted molar refractivity (Wildman–Crippen MR) is 95.1 cm³/mol. The van der Waals surface area contributed by atoms with Gasteiger partial charge in [0.1, 0.15) is 0 Å². The van der Waals surface area contributed by atoms with Crippen LogP contribution in [0.3, 0.4) is 0 Å². The topological polar surface area (TPSA) is 28.2 Å². The number of piperidine rings is 1. The van der Waals surface area contributed by atoms with E-state index >= 15 is 0 Å². The number of rotatable bonds is 6. The van der Waals surface area contributed by atoms with Gasteiger partial charge in [-0.2, -0.15) is 0 Å². The van der Waals surface area contributed by atoms with Crippen molar-refractivity contribution in [3.05, 3.63) is 65.5 Å². The fraction of sp³-hybridized carbons (Fsp3) is 0.450. The van der Waals surface area contributed by atoms with Crippen molar-refractivity contribution < 1.29 is 0 Å². The summed E-state index contributed by atoms with van der Waals surface area (Å²) in [6.07, 6.45) is 4.46. The van der Waals surface area contributed by atoms with E-state index < -0.39 is 0 Å². The number of aryl methyl sites for hydroxylation is 1. The predicted octanol–water partition coefficient (Wildman–Crippen LogP) is 3.39. The Hall–Kier alpha value is -1.71. The third kappa shape index (κ3) is 5.15. The fourth-order valence-electron chi connectivity index (χ4n) is 3.40. The van der Waals surface area contributed by atoms with Gasteiger partial charge in [0, 0.05) is 25.8 Å². The molecule has 1 saturated heterocycles. The van der Waals surface area contributed by atoms with Gasteiger partial charge in [-0.25, -0.2) is 0 Å². The van der Waals surface area contributed by atoms with Crippen LogP contribution in [0.15, 0.2) is 48.7 Å². The van der Waals surface area contributed by atoms with Crippen molar-refractivity contribution >= 4 is 0 Å². The quantitative estimate of drug-likeness (QED) is 0.886. The third-order valence-electron chi connectivity index (χ3n) is 4.58. The first-order valence-electron chi connectivity index (χ1n) is 8.68. The maximum atomic E-state index is 4.52. The summed E-state index contributed by atoms with van der Waals surface area (Å²) in [6, 6.07) is 15.1. The van der Waals surface area contributed by atoms with E-state index in [4.69, 9.17) is 0 Å².